The first kappa shape index (κ1) is 34.2. The summed E-state index contributed by atoms with van der Waals surface area (Å²) in [7, 11) is 5.81. The third-order valence-corrected chi connectivity index (χ3v) is 14.9. The van der Waals surface area contributed by atoms with Crippen LogP contribution in [0.2, 0.25) is 0 Å². The molecule has 0 bridgehead atoms. The molecule has 0 spiro atoms. The number of halogens is 6. The number of ether oxygens (including phenoxy) is 4. The lowest BCUT2D eigenvalue weighted by Crippen LogP contribution is -2.48. The molecule has 256 valence electrons. The van der Waals surface area contributed by atoms with E-state index in [2.05, 4.69) is 0 Å². The van der Waals surface area contributed by atoms with Crippen LogP contribution < -0.4 is 18.9 Å². The molecule has 7 rings (SSSR count). The molecule has 49 heavy (non-hydrogen) atoms. The summed E-state index contributed by atoms with van der Waals surface area (Å²) in [4.78, 5) is 3.09. The highest BCUT2D eigenvalue weighted by Crippen LogP contribution is 2.68. The van der Waals surface area contributed by atoms with E-state index in [1.807, 2.05) is 0 Å². The highest BCUT2D eigenvalue weighted by molar-refractivity contribution is 7.28. The number of hydrogen-bond acceptors (Lipinski definition) is 10. The van der Waals surface area contributed by atoms with Crippen molar-refractivity contribution in [3.05, 3.63) is 71.8 Å². The van der Waals surface area contributed by atoms with Gasteiger partial charge in [0.1, 0.15) is 0 Å². The summed E-state index contributed by atoms with van der Waals surface area (Å²) in [5.74, 6) is -16.3. The SMILES string of the molecule is COc1ccc(-c2cc(C3=C(c4cc(-c5ccc(OC)s5)sc4-c4ccc(OC)s4)C(F)(F)C(F)(F)C3(F)F)c(-c3ccc(OC)s3)s2)s1. The Hall–Kier alpha value is -3.28. The van der Waals surface area contributed by atoms with E-state index in [1.165, 1.54) is 63.2 Å². The van der Waals surface area contributed by atoms with Crippen LogP contribution in [0.15, 0.2) is 60.7 Å². The fourth-order valence-electron chi connectivity index (χ4n) is 5.42. The minimum absolute atomic E-state index is 0.133. The Bertz CT molecular complexity index is 2050. The van der Waals surface area contributed by atoms with Crippen LogP contribution in [-0.2, 0) is 0 Å². The van der Waals surface area contributed by atoms with Crippen LogP contribution in [0.4, 0.5) is 26.3 Å². The molecule has 0 amide bonds. The number of hydrogen-bond donors (Lipinski definition) is 0. The Balaban J connectivity index is 1.56. The Morgan fingerprint density at radius 3 is 1.02 bits per heavy atom. The van der Waals surface area contributed by atoms with Crippen LogP contribution >= 0.6 is 68.0 Å². The molecule has 4 nitrogen and oxygen atoms in total. The molecule has 0 atom stereocenters. The van der Waals surface area contributed by atoms with Crippen LogP contribution in [0.1, 0.15) is 11.1 Å². The Kier molecular flexibility index (Phi) is 8.71. The van der Waals surface area contributed by atoms with Gasteiger partial charge in [0, 0.05) is 51.5 Å². The molecule has 0 aromatic carbocycles. The zero-order chi connectivity index (χ0) is 34.9. The molecule has 6 heterocycles. The Morgan fingerprint density at radius 2 is 0.714 bits per heavy atom. The fourth-order valence-corrected chi connectivity index (χ4v) is 11.4. The molecule has 0 N–H and O–H groups in total. The second kappa shape index (κ2) is 12.5. The van der Waals surface area contributed by atoms with E-state index in [1.54, 1.807) is 48.5 Å². The van der Waals surface area contributed by atoms with Crippen molar-refractivity contribution < 1.29 is 45.3 Å². The van der Waals surface area contributed by atoms with Crippen LogP contribution in [-0.4, -0.2) is 46.2 Å². The molecular weight excluding hydrogens is 767 g/mol. The van der Waals surface area contributed by atoms with Crippen molar-refractivity contribution in [2.75, 3.05) is 28.4 Å². The average Bonchev–Trinajstić information content (AvgIpc) is 3.92. The Morgan fingerprint density at radius 1 is 0.408 bits per heavy atom. The first-order valence-electron chi connectivity index (χ1n) is 14.1. The van der Waals surface area contributed by atoms with Gasteiger partial charge in [-0.3, -0.25) is 0 Å². The van der Waals surface area contributed by atoms with Crippen molar-refractivity contribution in [1.82, 2.24) is 0 Å². The first-order valence-corrected chi connectivity index (χ1v) is 19.0. The molecule has 1 aliphatic carbocycles. The number of methoxy groups -OCH3 is 4. The molecule has 0 saturated heterocycles. The molecule has 0 saturated carbocycles. The fraction of sp³-hybridized carbons (Fsp3) is 0.212. The van der Waals surface area contributed by atoms with Crippen LogP contribution in [0, 0.1) is 0 Å². The van der Waals surface area contributed by atoms with E-state index in [0.717, 1.165) is 45.3 Å². The molecule has 0 radical (unpaired) electrons. The summed E-state index contributed by atoms with van der Waals surface area (Å²) < 4.78 is 118. The van der Waals surface area contributed by atoms with Crippen LogP contribution in [0.5, 0.6) is 20.3 Å². The molecule has 6 aromatic rings. The minimum atomic E-state index is -5.75. The highest BCUT2D eigenvalue weighted by Gasteiger charge is 2.80. The topological polar surface area (TPSA) is 36.9 Å². The lowest BCUT2D eigenvalue weighted by molar-refractivity contribution is -0.254. The smallest absolute Gasteiger partial charge is 0.380 e. The van der Waals surface area contributed by atoms with E-state index in [9.17, 15) is 0 Å². The molecular formula is C33H22F6O4S6. The van der Waals surface area contributed by atoms with Crippen molar-refractivity contribution >= 4 is 79.2 Å². The third kappa shape index (κ3) is 5.42. The van der Waals surface area contributed by atoms with Crippen molar-refractivity contribution in [3.63, 3.8) is 0 Å². The van der Waals surface area contributed by atoms with Gasteiger partial charge in [0.05, 0.1) is 38.2 Å². The standard InChI is InChI=1S/C33H22F6O4S6/c1-40-23-9-5-17(44-23)21-13-15(29(48-21)19-7-11-25(42-3)46-19)27-28(32(36,37)33(38,39)31(27,34)35)16-14-22(18-6-10-24(41-2)45-18)49-30(16)20-8-12-26(43-4)47-20/h5-14H,1-4H3. The summed E-state index contributed by atoms with van der Waals surface area (Å²) in [5, 5.41) is 1.92. The van der Waals surface area contributed by atoms with Gasteiger partial charge in [0.25, 0.3) is 0 Å². The van der Waals surface area contributed by atoms with Crippen LogP contribution in [0.3, 0.4) is 0 Å². The van der Waals surface area contributed by atoms with Gasteiger partial charge in [-0.1, -0.05) is 45.3 Å². The van der Waals surface area contributed by atoms with Gasteiger partial charge >= 0.3 is 17.8 Å². The Labute approximate surface area is 300 Å². The predicted octanol–water partition coefficient (Wildman–Crippen LogP) is 12.6. The van der Waals surface area contributed by atoms with Gasteiger partial charge in [0.15, 0.2) is 20.3 Å². The summed E-state index contributed by atoms with van der Waals surface area (Å²) in [6.07, 6.45) is 0. The second-order valence-corrected chi connectivity index (χ2v) is 16.8. The van der Waals surface area contributed by atoms with Crippen molar-refractivity contribution in [1.29, 1.82) is 0 Å². The maximum Gasteiger partial charge on any atom is 0.380 e. The lowest BCUT2D eigenvalue weighted by atomic mass is 9.94. The molecule has 6 aromatic heterocycles. The van der Waals surface area contributed by atoms with Crippen molar-refractivity contribution in [2.45, 2.75) is 17.8 Å². The summed E-state index contributed by atoms with van der Waals surface area (Å²) >= 11 is 6.68. The van der Waals surface area contributed by atoms with E-state index >= 15 is 26.3 Å². The van der Waals surface area contributed by atoms with E-state index < -0.39 is 40.0 Å². The third-order valence-electron chi connectivity index (χ3n) is 7.73. The normalized spacial score (nSPS) is 16.4. The van der Waals surface area contributed by atoms with Crippen molar-refractivity contribution in [2.24, 2.45) is 0 Å². The first-order chi connectivity index (χ1) is 23.3. The van der Waals surface area contributed by atoms with E-state index in [-0.39, 0.29) is 9.75 Å². The molecule has 0 aliphatic heterocycles. The quantitative estimate of drug-likeness (QED) is 0.130. The van der Waals surface area contributed by atoms with E-state index in [4.69, 9.17) is 18.9 Å². The minimum Gasteiger partial charge on any atom is -0.487 e. The number of thiophene rings is 6. The average molecular weight is 789 g/mol. The zero-order valence-electron chi connectivity index (χ0n) is 25.6. The molecule has 16 heteroatoms. The summed E-state index contributed by atoms with van der Waals surface area (Å²) in [6, 6.07) is 15.7. The van der Waals surface area contributed by atoms with Gasteiger partial charge in [-0.25, -0.2) is 0 Å². The van der Waals surface area contributed by atoms with Gasteiger partial charge in [-0.2, -0.15) is 26.3 Å². The maximum atomic E-state index is 16.4. The summed E-state index contributed by atoms with van der Waals surface area (Å²) in [6.45, 7) is 0. The lowest BCUT2D eigenvalue weighted by Gasteiger charge is -2.25. The largest absolute Gasteiger partial charge is 0.487 e. The second-order valence-electron chi connectivity index (χ2n) is 10.5. The summed E-state index contributed by atoms with van der Waals surface area (Å²) in [5.41, 5.74) is -3.66. The van der Waals surface area contributed by atoms with Crippen molar-refractivity contribution in [3.8, 4) is 59.3 Å². The van der Waals surface area contributed by atoms with Gasteiger partial charge in [-0.05, 0) is 60.7 Å². The molecule has 0 unspecified atom stereocenters. The monoisotopic (exact) mass is 788 g/mol. The molecule has 1 aliphatic rings. The zero-order valence-corrected chi connectivity index (χ0v) is 30.5. The highest BCUT2D eigenvalue weighted by atomic mass is 32.1. The molecule has 0 fully saturated rings. The predicted molar refractivity (Wildman–Crippen MR) is 190 cm³/mol. The van der Waals surface area contributed by atoms with Crippen LogP contribution in [0.25, 0.3) is 50.2 Å². The number of allylic oxidation sites excluding steroid dienone is 2. The van der Waals surface area contributed by atoms with Gasteiger partial charge < -0.3 is 18.9 Å². The maximum absolute atomic E-state index is 16.4. The number of rotatable bonds is 10. The van der Waals surface area contributed by atoms with Gasteiger partial charge in [0.2, 0.25) is 0 Å². The number of alkyl halides is 6. The van der Waals surface area contributed by atoms with E-state index in [0.29, 0.717) is 49.5 Å². The van der Waals surface area contributed by atoms with Gasteiger partial charge in [-0.15, -0.1) is 22.7 Å².